The van der Waals surface area contributed by atoms with E-state index in [-0.39, 0.29) is 0 Å². The molecule has 1 rings (SSSR count). The van der Waals surface area contributed by atoms with Crippen LogP contribution in [0.3, 0.4) is 0 Å². The van der Waals surface area contributed by atoms with Gasteiger partial charge in [-0.25, -0.2) is 0 Å². The molecule has 0 bridgehead atoms. The molecule has 0 saturated heterocycles. The highest BCUT2D eigenvalue weighted by atomic mass is 16.3. The molecule has 0 aromatic carbocycles. The Morgan fingerprint density at radius 1 is 1.75 bits per heavy atom. The summed E-state index contributed by atoms with van der Waals surface area (Å²) in [5.41, 5.74) is 5.26. The Morgan fingerprint density at radius 3 is 2.88 bits per heavy atom. The lowest BCUT2D eigenvalue weighted by Crippen LogP contribution is -2.31. The van der Waals surface area contributed by atoms with Crippen LogP contribution in [0, 0.1) is 0 Å². The van der Waals surface area contributed by atoms with Crippen molar-refractivity contribution in [3.8, 4) is 0 Å². The molecule has 44 valence electrons. The smallest absolute Gasteiger partial charge is 0.145 e. The van der Waals surface area contributed by atoms with Crippen LogP contribution < -0.4 is 11.1 Å². The van der Waals surface area contributed by atoms with Crippen molar-refractivity contribution >= 4 is 0 Å². The van der Waals surface area contributed by atoms with Crippen LogP contribution in [-0.2, 0) is 0 Å². The Kier molecular flexibility index (Phi) is 1.22. The van der Waals surface area contributed by atoms with Gasteiger partial charge in [-0.3, -0.25) is 0 Å². The number of aliphatic hydroxyl groups excluding tert-OH is 1. The van der Waals surface area contributed by atoms with Gasteiger partial charge in [0.15, 0.2) is 0 Å². The van der Waals surface area contributed by atoms with E-state index in [1.165, 1.54) is 0 Å². The van der Waals surface area contributed by atoms with Crippen LogP contribution in [0.5, 0.6) is 0 Å². The summed E-state index contributed by atoms with van der Waals surface area (Å²) in [4.78, 5) is 0. The van der Waals surface area contributed by atoms with Crippen molar-refractivity contribution in [2.24, 2.45) is 5.73 Å². The molecule has 3 heteroatoms. The summed E-state index contributed by atoms with van der Waals surface area (Å²) in [7, 11) is 0. The van der Waals surface area contributed by atoms with Gasteiger partial charge in [0, 0.05) is 0 Å². The summed E-state index contributed by atoms with van der Waals surface area (Å²) in [6.07, 6.45) is 4.39. The van der Waals surface area contributed by atoms with E-state index in [0.29, 0.717) is 5.82 Å². The molecule has 0 aliphatic carbocycles. The predicted molar refractivity (Wildman–Crippen MR) is 30.6 cm³/mol. The molecule has 1 atom stereocenters. The van der Waals surface area contributed by atoms with Crippen LogP contribution in [0.25, 0.3) is 0 Å². The van der Waals surface area contributed by atoms with E-state index in [9.17, 15) is 0 Å². The fraction of sp³-hybridized carbons (Fsp3) is 0.200. The molecule has 3 nitrogen and oxygen atoms in total. The second-order valence-electron chi connectivity index (χ2n) is 1.60. The summed E-state index contributed by atoms with van der Waals surface area (Å²) in [5.74, 6) is 0.500. The number of rotatable bonds is 0. The Labute approximate surface area is 47.5 Å². The van der Waals surface area contributed by atoms with E-state index >= 15 is 0 Å². The molecule has 0 amide bonds. The first-order valence-electron chi connectivity index (χ1n) is 2.37. The molecule has 1 heterocycles. The zero-order valence-electron chi connectivity index (χ0n) is 4.33. The molecule has 4 N–H and O–H groups in total. The van der Waals surface area contributed by atoms with Crippen LogP contribution in [0.1, 0.15) is 0 Å². The topological polar surface area (TPSA) is 58.3 Å². The number of hydrogen-bond acceptors (Lipinski definition) is 3. The quantitative estimate of drug-likeness (QED) is 0.387. The number of hydrogen-bond donors (Lipinski definition) is 3. The van der Waals surface area contributed by atoms with Gasteiger partial charge in [-0.05, 0) is 12.2 Å². The van der Waals surface area contributed by atoms with E-state index in [4.69, 9.17) is 10.8 Å². The van der Waals surface area contributed by atoms with Gasteiger partial charge in [-0.2, -0.15) is 0 Å². The fourth-order valence-corrected chi connectivity index (χ4v) is 0.531. The molecule has 0 radical (unpaired) electrons. The zero-order chi connectivity index (χ0) is 5.98. The van der Waals surface area contributed by atoms with Crippen LogP contribution in [0.4, 0.5) is 0 Å². The summed E-state index contributed by atoms with van der Waals surface area (Å²) < 4.78 is 0. The number of dihydropyridines is 1. The average molecular weight is 112 g/mol. The van der Waals surface area contributed by atoms with Gasteiger partial charge >= 0.3 is 0 Å². The van der Waals surface area contributed by atoms with Crippen molar-refractivity contribution in [1.82, 2.24) is 5.32 Å². The lowest BCUT2D eigenvalue weighted by Gasteiger charge is -2.12. The minimum Gasteiger partial charge on any atom is -0.385 e. The fourth-order valence-electron chi connectivity index (χ4n) is 0.531. The molecule has 0 saturated carbocycles. The lowest BCUT2D eigenvalue weighted by atomic mass is 10.3. The van der Waals surface area contributed by atoms with Crippen LogP contribution in [0.2, 0.25) is 0 Å². The molecule has 0 aromatic heterocycles. The van der Waals surface area contributed by atoms with E-state index in [0.717, 1.165) is 0 Å². The molecule has 1 aliphatic rings. The van der Waals surface area contributed by atoms with E-state index in [2.05, 4.69) is 5.32 Å². The lowest BCUT2D eigenvalue weighted by molar-refractivity contribution is 0.195. The highest BCUT2D eigenvalue weighted by Gasteiger charge is 1.99. The van der Waals surface area contributed by atoms with Crippen molar-refractivity contribution in [2.75, 3.05) is 0 Å². The van der Waals surface area contributed by atoms with Crippen molar-refractivity contribution in [3.63, 3.8) is 0 Å². The summed E-state index contributed by atoms with van der Waals surface area (Å²) >= 11 is 0. The molecule has 0 fully saturated rings. The summed E-state index contributed by atoms with van der Waals surface area (Å²) in [6, 6.07) is 0. The number of nitrogens with two attached hydrogens (primary N) is 1. The van der Waals surface area contributed by atoms with Crippen molar-refractivity contribution in [2.45, 2.75) is 6.23 Å². The molecular weight excluding hydrogens is 104 g/mol. The maximum absolute atomic E-state index is 8.76. The Hall–Kier alpha value is -0.960. The molecule has 1 unspecified atom stereocenters. The van der Waals surface area contributed by atoms with Gasteiger partial charge in [-0.15, -0.1) is 0 Å². The molecular formula is C5H8N2O. The van der Waals surface area contributed by atoms with Crippen molar-refractivity contribution in [3.05, 3.63) is 24.0 Å². The Bertz CT molecular complexity index is 139. The maximum atomic E-state index is 8.76. The van der Waals surface area contributed by atoms with Gasteiger partial charge in [0.2, 0.25) is 0 Å². The molecule has 0 aromatic rings. The van der Waals surface area contributed by atoms with Gasteiger partial charge in [0.05, 0.1) is 5.82 Å². The maximum Gasteiger partial charge on any atom is 0.145 e. The first kappa shape index (κ1) is 5.18. The third-order valence-electron chi connectivity index (χ3n) is 0.884. The number of nitrogens with one attached hydrogen (secondary N) is 1. The number of aliphatic hydroxyl groups is 1. The van der Waals surface area contributed by atoms with E-state index < -0.39 is 6.23 Å². The standard InChI is InChI=1S/C5H8N2O/c6-4-2-1-3-5(8)7-4/h1-3,5,7-8H,6H2. The molecule has 8 heavy (non-hydrogen) atoms. The normalized spacial score (nSPS) is 26.6. The van der Waals surface area contributed by atoms with Gasteiger partial charge < -0.3 is 16.2 Å². The number of allylic oxidation sites excluding steroid dienone is 2. The highest BCUT2D eigenvalue weighted by molar-refractivity contribution is 5.15. The van der Waals surface area contributed by atoms with Crippen LogP contribution in [0.15, 0.2) is 24.0 Å². The first-order valence-corrected chi connectivity index (χ1v) is 2.37. The zero-order valence-corrected chi connectivity index (χ0v) is 4.33. The summed E-state index contributed by atoms with van der Waals surface area (Å²) in [5, 5.41) is 11.3. The second-order valence-corrected chi connectivity index (χ2v) is 1.60. The predicted octanol–water partition coefficient (Wildman–Crippen LogP) is -0.736. The van der Waals surface area contributed by atoms with Crippen molar-refractivity contribution in [1.29, 1.82) is 0 Å². The van der Waals surface area contributed by atoms with Gasteiger partial charge in [0.25, 0.3) is 0 Å². The summed E-state index contributed by atoms with van der Waals surface area (Å²) in [6.45, 7) is 0. The van der Waals surface area contributed by atoms with Crippen molar-refractivity contribution < 1.29 is 5.11 Å². The van der Waals surface area contributed by atoms with Gasteiger partial charge in [-0.1, -0.05) is 6.08 Å². The largest absolute Gasteiger partial charge is 0.385 e. The monoisotopic (exact) mass is 112 g/mol. The van der Waals surface area contributed by atoms with E-state index in [1.54, 1.807) is 18.2 Å². The van der Waals surface area contributed by atoms with Gasteiger partial charge in [0.1, 0.15) is 6.23 Å². The minimum atomic E-state index is -0.611. The Morgan fingerprint density at radius 2 is 2.50 bits per heavy atom. The molecule has 0 spiro atoms. The second kappa shape index (κ2) is 1.88. The first-order chi connectivity index (χ1) is 3.79. The SMILES string of the molecule is NC1=CC=CC(O)N1. The van der Waals surface area contributed by atoms with Crippen LogP contribution in [-0.4, -0.2) is 11.3 Å². The highest BCUT2D eigenvalue weighted by Crippen LogP contribution is 1.92. The third-order valence-corrected chi connectivity index (χ3v) is 0.884. The third kappa shape index (κ3) is 1.01. The minimum absolute atomic E-state index is 0.500. The average Bonchev–Trinajstić information content (AvgIpc) is 1.64. The van der Waals surface area contributed by atoms with E-state index in [1.807, 2.05) is 0 Å². The van der Waals surface area contributed by atoms with Crippen LogP contribution >= 0.6 is 0 Å². The Balaban J connectivity index is 2.59. The molecule has 1 aliphatic heterocycles.